The van der Waals surface area contributed by atoms with Crippen LogP contribution in [0.3, 0.4) is 0 Å². The van der Waals surface area contributed by atoms with Crippen LogP contribution in [0.15, 0.2) is 66.7 Å². The van der Waals surface area contributed by atoms with Gasteiger partial charge in [-0.15, -0.1) is 0 Å². The summed E-state index contributed by atoms with van der Waals surface area (Å²) >= 11 is 0. The molecular weight excluding hydrogens is 290 g/mol. The summed E-state index contributed by atoms with van der Waals surface area (Å²) in [6.45, 7) is 0. The zero-order chi connectivity index (χ0) is 15.8. The number of carbonyl (C=O) groups is 2. The maximum Gasteiger partial charge on any atom is 0.205 e. The first-order chi connectivity index (χ1) is 11.2. The van der Waals surface area contributed by atoms with Crippen molar-refractivity contribution < 1.29 is 14.3 Å². The second kappa shape index (κ2) is 5.18. The number of hydrogen-bond donors (Lipinski definition) is 0. The highest BCUT2D eigenvalue weighted by Gasteiger charge is 2.27. The molecule has 1 aliphatic rings. The largest absolute Gasteiger partial charge is 0.456 e. The summed E-state index contributed by atoms with van der Waals surface area (Å²) in [5, 5.41) is 0.701. The molecule has 0 bridgehead atoms. The van der Waals surface area contributed by atoms with Crippen molar-refractivity contribution in [2.45, 2.75) is 0 Å². The smallest absolute Gasteiger partial charge is 0.205 e. The molecule has 0 saturated heterocycles. The van der Waals surface area contributed by atoms with E-state index in [0.29, 0.717) is 22.4 Å². The summed E-state index contributed by atoms with van der Waals surface area (Å²) in [5.74, 6) is 0.410. The molecule has 0 fully saturated rings. The van der Waals surface area contributed by atoms with Gasteiger partial charge in [-0.05, 0) is 36.4 Å². The van der Waals surface area contributed by atoms with Gasteiger partial charge in [-0.1, -0.05) is 30.3 Å². The molecule has 4 nitrogen and oxygen atoms in total. The van der Waals surface area contributed by atoms with Gasteiger partial charge in [0.1, 0.15) is 17.2 Å². The lowest BCUT2D eigenvalue weighted by molar-refractivity contribution is 0.0989. The zero-order valence-corrected chi connectivity index (χ0v) is 12.0. The third-order valence-electron chi connectivity index (χ3n) is 3.67. The second-order valence-electron chi connectivity index (χ2n) is 5.16. The predicted octanol–water partition coefficient (Wildman–Crippen LogP) is 3.96. The van der Waals surface area contributed by atoms with Crippen LogP contribution < -0.4 is 4.74 Å². The minimum absolute atomic E-state index is 0.141. The molecule has 0 radical (unpaired) electrons. The van der Waals surface area contributed by atoms with Gasteiger partial charge in [0, 0.05) is 5.39 Å². The topological polar surface area (TPSA) is 56.3 Å². The van der Waals surface area contributed by atoms with Crippen molar-refractivity contribution in [1.82, 2.24) is 4.98 Å². The maximum absolute atomic E-state index is 12.3. The molecule has 0 N–H and O–H groups in total. The molecule has 1 heterocycles. The molecule has 0 spiro atoms. The molecular formula is C19H11NO3. The van der Waals surface area contributed by atoms with Crippen molar-refractivity contribution in [3.8, 4) is 11.5 Å². The molecule has 3 aromatic rings. The lowest BCUT2D eigenvalue weighted by atomic mass is 9.96. The highest BCUT2D eigenvalue weighted by Crippen LogP contribution is 2.36. The molecule has 4 rings (SSSR count). The Labute approximate surface area is 132 Å². The molecule has 0 saturated carbocycles. The Morgan fingerprint density at radius 1 is 0.783 bits per heavy atom. The van der Waals surface area contributed by atoms with Crippen molar-refractivity contribution in [3.05, 3.63) is 78.0 Å². The van der Waals surface area contributed by atoms with Gasteiger partial charge in [0.25, 0.3) is 0 Å². The summed E-state index contributed by atoms with van der Waals surface area (Å²) in [6.07, 6.45) is 2.51. The van der Waals surface area contributed by atoms with Crippen LogP contribution >= 0.6 is 0 Å². The van der Waals surface area contributed by atoms with Crippen LogP contribution in [-0.4, -0.2) is 16.6 Å². The molecule has 23 heavy (non-hydrogen) atoms. The SMILES string of the molecule is O=C1C=CC(=O)c2c1nc1ccccc1c2Oc1ccccc1. The van der Waals surface area contributed by atoms with E-state index in [4.69, 9.17) is 4.74 Å². The number of nitrogens with zero attached hydrogens (tertiary/aromatic N) is 1. The zero-order valence-electron chi connectivity index (χ0n) is 12.0. The van der Waals surface area contributed by atoms with Crippen molar-refractivity contribution in [1.29, 1.82) is 0 Å². The van der Waals surface area contributed by atoms with Crippen molar-refractivity contribution in [2.75, 3.05) is 0 Å². The Hall–Kier alpha value is -3.27. The number of ketones is 2. The molecule has 0 aliphatic heterocycles. The Bertz CT molecular complexity index is 975. The quantitative estimate of drug-likeness (QED) is 0.719. The van der Waals surface area contributed by atoms with E-state index < -0.39 is 0 Å². The van der Waals surface area contributed by atoms with Crippen molar-refractivity contribution >= 4 is 22.5 Å². The number of hydrogen-bond acceptors (Lipinski definition) is 4. The Kier molecular flexibility index (Phi) is 3.01. The molecule has 1 aliphatic carbocycles. The first kappa shape index (κ1) is 13.4. The summed E-state index contributed by atoms with van der Waals surface area (Å²) in [5.41, 5.74) is 0.982. The third-order valence-corrected chi connectivity index (χ3v) is 3.67. The van der Waals surface area contributed by atoms with Crippen LogP contribution in [0, 0.1) is 0 Å². The monoisotopic (exact) mass is 301 g/mol. The Balaban J connectivity index is 2.02. The lowest BCUT2D eigenvalue weighted by Crippen LogP contribution is -2.15. The van der Waals surface area contributed by atoms with E-state index in [-0.39, 0.29) is 22.8 Å². The number of pyridine rings is 1. The first-order valence-electron chi connectivity index (χ1n) is 7.16. The average Bonchev–Trinajstić information content (AvgIpc) is 2.59. The van der Waals surface area contributed by atoms with Gasteiger partial charge in [0.15, 0.2) is 5.78 Å². The fraction of sp³-hybridized carbons (Fsp3) is 0. The summed E-state index contributed by atoms with van der Waals surface area (Å²) in [4.78, 5) is 28.8. The van der Waals surface area contributed by atoms with Crippen LogP contribution in [-0.2, 0) is 0 Å². The number of allylic oxidation sites excluding steroid dienone is 2. The number of carbonyl (C=O) groups excluding carboxylic acids is 2. The standard InChI is InChI=1S/C19H11NO3/c21-15-10-11-16(22)18-17(15)19(23-12-6-2-1-3-7-12)13-8-4-5-9-14(13)20-18/h1-11H. The molecule has 4 heteroatoms. The van der Waals surface area contributed by atoms with Crippen LogP contribution in [0.5, 0.6) is 11.5 Å². The number of aromatic nitrogens is 1. The molecule has 1 aromatic heterocycles. The van der Waals surface area contributed by atoms with Crippen LogP contribution in [0.25, 0.3) is 10.9 Å². The Morgan fingerprint density at radius 2 is 1.48 bits per heavy atom. The lowest BCUT2D eigenvalue weighted by Gasteiger charge is -2.16. The fourth-order valence-corrected chi connectivity index (χ4v) is 2.61. The van der Waals surface area contributed by atoms with E-state index in [0.717, 1.165) is 0 Å². The summed E-state index contributed by atoms with van der Waals surface area (Å²) in [7, 11) is 0. The molecule has 2 aromatic carbocycles. The molecule has 0 unspecified atom stereocenters. The van der Waals surface area contributed by atoms with E-state index in [2.05, 4.69) is 4.98 Å². The second-order valence-corrected chi connectivity index (χ2v) is 5.16. The summed E-state index contributed by atoms with van der Waals surface area (Å²) < 4.78 is 5.96. The van der Waals surface area contributed by atoms with Gasteiger partial charge in [0.2, 0.25) is 5.78 Å². The van der Waals surface area contributed by atoms with Gasteiger partial charge < -0.3 is 4.74 Å². The van der Waals surface area contributed by atoms with E-state index in [1.807, 2.05) is 36.4 Å². The number of para-hydroxylation sites is 2. The maximum atomic E-state index is 12.3. The van der Waals surface area contributed by atoms with Gasteiger partial charge >= 0.3 is 0 Å². The van der Waals surface area contributed by atoms with E-state index in [1.54, 1.807) is 18.2 Å². The highest BCUT2D eigenvalue weighted by molar-refractivity contribution is 6.24. The normalized spacial score (nSPS) is 13.2. The van der Waals surface area contributed by atoms with Crippen molar-refractivity contribution in [3.63, 3.8) is 0 Å². The van der Waals surface area contributed by atoms with E-state index >= 15 is 0 Å². The first-order valence-corrected chi connectivity index (χ1v) is 7.16. The third kappa shape index (κ3) is 2.21. The van der Waals surface area contributed by atoms with Gasteiger partial charge in [-0.3, -0.25) is 9.59 Å². The number of fused-ring (bicyclic) bond motifs is 2. The van der Waals surface area contributed by atoms with E-state index in [1.165, 1.54) is 12.2 Å². The number of rotatable bonds is 2. The predicted molar refractivity (Wildman–Crippen MR) is 86.1 cm³/mol. The molecule has 0 amide bonds. The highest BCUT2D eigenvalue weighted by atomic mass is 16.5. The fourth-order valence-electron chi connectivity index (χ4n) is 2.61. The minimum Gasteiger partial charge on any atom is -0.456 e. The number of ether oxygens (including phenoxy) is 1. The van der Waals surface area contributed by atoms with Crippen LogP contribution in [0.2, 0.25) is 0 Å². The van der Waals surface area contributed by atoms with Gasteiger partial charge in [-0.25, -0.2) is 4.98 Å². The van der Waals surface area contributed by atoms with E-state index in [9.17, 15) is 9.59 Å². The average molecular weight is 301 g/mol. The van der Waals surface area contributed by atoms with Gasteiger partial charge in [-0.2, -0.15) is 0 Å². The Morgan fingerprint density at radius 3 is 2.30 bits per heavy atom. The number of benzene rings is 2. The van der Waals surface area contributed by atoms with Gasteiger partial charge in [0.05, 0.1) is 11.1 Å². The van der Waals surface area contributed by atoms with Crippen LogP contribution in [0.4, 0.5) is 0 Å². The van der Waals surface area contributed by atoms with Crippen LogP contribution in [0.1, 0.15) is 20.8 Å². The van der Waals surface area contributed by atoms with Crippen molar-refractivity contribution in [2.24, 2.45) is 0 Å². The molecule has 110 valence electrons. The minimum atomic E-state index is -0.289. The summed E-state index contributed by atoms with van der Waals surface area (Å²) in [6, 6.07) is 16.5. The molecule has 0 atom stereocenters.